The van der Waals surface area contributed by atoms with Crippen LogP contribution in [0, 0.1) is 12.3 Å². The second-order valence-electron chi connectivity index (χ2n) is 12.6. The van der Waals surface area contributed by atoms with Crippen LogP contribution in [0.3, 0.4) is 0 Å². The number of nitrogens with one attached hydrogen (secondary N) is 2. The number of ether oxygens (including phenoxy) is 1. The van der Waals surface area contributed by atoms with Crippen LogP contribution in [0.4, 0.5) is 10.5 Å². The van der Waals surface area contributed by atoms with Gasteiger partial charge in [-0.05, 0) is 92.3 Å². The summed E-state index contributed by atoms with van der Waals surface area (Å²) in [7, 11) is 0. The first-order valence-electron chi connectivity index (χ1n) is 15.5. The van der Waals surface area contributed by atoms with Crippen LogP contribution in [-0.4, -0.2) is 45.6 Å². The van der Waals surface area contributed by atoms with Crippen molar-refractivity contribution in [1.82, 2.24) is 10.2 Å². The molecule has 1 fully saturated rings. The van der Waals surface area contributed by atoms with Crippen molar-refractivity contribution in [3.63, 3.8) is 0 Å². The van der Waals surface area contributed by atoms with E-state index in [9.17, 15) is 19.5 Å². The predicted molar refractivity (Wildman–Crippen MR) is 179 cm³/mol. The minimum absolute atomic E-state index is 0.0825. The van der Waals surface area contributed by atoms with E-state index in [0.29, 0.717) is 35.2 Å². The summed E-state index contributed by atoms with van der Waals surface area (Å²) in [6, 6.07) is 24.6. The number of phenolic OH excluding ortho intramolecular Hbond substituents is 1. The van der Waals surface area contributed by atoms with E-state index in [1.807, 2.05) is 42.5 Å². The number of alkyl carbamates (subject to hydrolysis) is 1. The average Bonchev–Trinajstić information content (AvgIpc) is 2.99. The summed E-state index contributed by atoms with van der Waals surface area (Å²) < 4.78 is 5.53. The highest BCUT2D eigenvalue weighted by Gasteiger charge is 2.42. The molecule has 4 aromatic rings. The molecule has 0 radical (unpaired) electrons. The lowest BCUT2D eigenvalue weighted by Crippen LogP contribution is -2.57. The van der Waals surface area contributed by atoms with Gasteiger partial charge in [0.1, 0.15) is 23.4 Å². The zero-order valence-electron chi connectivity index (χ0n) is 26.3. The number of anilines is 1. The summed E-state index contributed by atoms with van der Waals surface area (Å²) in [4.78, 5) is 43.9. The molecule has 8 heteroatoms. The number of fused-ring (bicyclic) bond motifs is 1. The van der Waals surface area contributed by atoms with E-state index in [2.05, 4.69) is 16.6 Å². The van der Waals surface area contributed by atoms with E-state index >= 15 is 0 Å². The third-order valence-electron chi connectivity index (χ3n) is 8.04. The predicted octanol–water partition coefficient (Wildman–Crippen LogP) is 6.72. The number of nitrogens with zero attached hydrogens (tertiary/aromatic N) is 1. The number of terminal acetylenes is 1. The zero-order chi connectivity index (χ0) is 32.8. The summed E-state index contributed by atoms with van der Waals surface area (Å²) in [6.07, 6.45) is 7.57. The van der Waals surface area contributed by atoms with Gasteiger partial charge in [-0.1, -0.05) is 66.6 Å². The number of carbonyl (C=O) groups is 3. The molecule has 1 aliphatic rings. The van der Waals surface area contributed by atoms with Crippen LogP contribution in [0.5, 0.6) is 5.75 Å². The molecular formula is C38H39N3O5. The van der Waals surface area contributed by atoms with Crippen molar-refractivity contribution in [2.45, 2.75) is 70.2 Å². The largest absolute Gasteiger partial charge is 0.508 e. The Morgan fingerprint density at radius 1 is 0.957 bits per heavy atom. The van der Waals surface area contributed by atoms with Gasteiger partial charge in [0, 0.05) is 23.7 Å². The summed E-state index contributed by atoms with van der Waals surface area (Å²) in [6.45, 7) is 5.23. The van der Waals surface area contributed by atoms with Gasteiger partial charge in [0.05, 0.1) is 0 Å². The first-order chi connectivity index (χ1) is 22.0. The smallest absolute Gasteiger partial charge is 0.408 e. The number of hydrogen-bond donors (Lipinski definition) is 3. The number of rotatable bonds is 9. The second-order valence-corrected chi connectivity index (χ2v) is 12.6. The Balaban J connectivity index is 1.56. The summed E-state index contributed by atoms with van der Waals surface area (Å²) >= 11 is 0. The molecule has 2 atom stereocenters. The van der Waals surface area contributed by atoms with Crippen LogP contribution in [-0.2, 0) is 20.7 Å². The number of phenols is 1. The van der Waals surface area contributed by atoms with Crippen molar-refractivity contribution < 1.29 is 24.2 Å². The highest BCUT2D eigenvalue weighted by Crippen LogP contribution is 2.36. The Morgan fingerprint density at radius 3 is 2.28 bits per heavy atom. The van der Waals surface area contributed by atoms with E-state index in [0.717, 1.165) is 17.2 Å². The molecule has 0 bridgehead atoms. The zero-order valence-corrected chi connectivity index (χ0v) is 26.3. The number of aromatic hydroxyl groups is 1. The minimum atomic E-state index is -1.08. The molecule has 0 aliphatic heterocycles. The highest BCUT2D eigenvalue weighted by molar-refractivity contribution is 6.01. The molecule has 1 saturated carbocycles. The maximum absolute atomic E-state index is 14.8. The van der Waals surface area contributed by atoms with Crippen LogP contribution in [0.25, 0.3) is 10.8 Å². The SMILES string of the molecule is C#Cc1ccccc1C(C(=O)Nc1ccc2ccccc2c1)N(C(=O)C(Cc1ccc(O)cc1)NC(=O)OC(C)(C)C)C1CCC1. The standard InChI is InChI=1S/C38H39N3O5/c1-5-26-11-8-9-16-32(26)34(35(43)39-29-20-19-27-12-6-7-13-28(27)24-29)41(30-14-10-15-30)36(44)33(40-37(45)46-38(2,3)4)23-25-17-21-31(42)22-18-25/h1,6-9,11-13,16-22,24,30,33-34,42H,10,14-15,23H2,2-4H3,(H,39,43)(H,40,45). The summed E-state index contributed by atoms with van der Waals surface area (Å²) in [5.74, 6) is 1.92. The molecule has 2 unspecified atom stereocenters. The fraction of sp³-hybridized carbons (Fsp3) is 0.289. The van der Waals surface area contributed by atoms with Gasteiger partial charge in [-0.15, -0.1) is 6.42 Å². The molecule has 0 saturated heterocycles. The fourth-order valence-electron chi connectivity index (χ4n) is 5.64. The van der Waals surface area contributed by atoms with Crippen molar-refractivity contribution in [1.29, 1.82) is 0 Å². The van der Waals surface area contributed by atoms with Crippen molar-refractivity contribution in [3.05, 3.63) is 108 Å². The molecule has 46 heavy (non-hydrogen) atoms. The quantitative estimate of drug-likeness (QED) is 0.181. The van der Waals surface area contributed by atoms with Gasteiger partial charge in [-0.25, -0.2) is 4.79 Å². The molecule has 3 N–H and O–H groups in total. The second kappa shape index (κ2) is 13.8. The van der Waals surface area contributed by atoms with Crippen LogP contribution >= 0.6 is 0 Å². The van der Waals surface area contributed by atoms with Crippen LogP contribution in [0.2, 0.25) is 0 Å². The minimum Gasteiger partial charge on any atom is -0.508 e. The molecule has 236 valence electrons. The monoisotopic (exact) mass is 617 g/mol. The molecule has 1 aliphatic carbocycles. The fourth-order valence-corrected chi connectivity index (χ4v) is 5.64. The maximum Gasteiger partial charge on any atom is 0.408 e. The molecular weight excluding hydrogens is 578 g/mol. The number of benzene rings is 4. The molecule has 5 rings (SSSR count). The molecule has 0 aromatic heterocycles. The van der Waals surface area contributed by atoms with Gasteiger partial charge in [-0.2, -0.15) is 0 Å². The Hall–Kier alpha value is -5.29. The summed E-state index contributed by atoms with van der Waals surface area (Å²) in [5.41, 5.74) is 1.51. The topological polar surface area (TPSA) is 108 Å². The van der Waals surface area contributed by atoms with Gasteiger partial charge >= 0.3 is 6.09 Å². The van der Waals surface area contributed by atoms with E-state index < -0.39 is 35.6 Å². The number of hydrogen-bond acceptors (Lipinski definition) is 5. The van der Waals surface area contributed by atoms with Gasteiger partial charge in [0.25, 0.3) is 5.91 Å². The number of amides is 3. The number of carbonyl (C=O) groups excluding carboxylic acids is 3. The summed E-state index contributed by atoms with van der Waals surface area (Å²) in [5, 5.41) is 17.7. The van der Waals surface area contributed by atoms with E-state index in [1.165, 1.54) is 12.1 Å². The van der Waals surface area contributed by atoms with E-state index in [-0.39, 0.29) is 18.2 Å². The van der Waals surface area contributed by atoms with E-state index in [4.69, 9.17) is 11.2 Å². The van der Waals surface area contributed by atoms with Crippen LogP contribution in [0.1, 0.15) is 62.8 Å². The maximum atomic E-state index is 14.8. The highest BCUT2D eigenvalue weighted by atomic mass is 16.6. The first kappa shape index (κ1) is 32.1. The Kier molecular flexibility index (Phi) is 9.62. The van der Waals surface area contributed by atoms with Gasteiger partial charge in [-0.3, -0.25) is 9.59 Å². The van der Waals surface area contributed by atoms with Gasteiger partial charge in [0.15, 0.2) is 0 Å². The van der Waals surface area contributed by atoms with E-state index in [1.54, 1.807) is 62.1 Å². The lowest BCUT2D eigenvalue weighted by Gasteiger charge is -2.44. The Labute approximate surface area is 269 Å². The van der Waals surface area contributed by atoms with Crippen molar-refractivity contribution >= 4 is 34.4 Å². The van der Waals surface area contributed by atoms with Crippen LogP contribution < -0.4 is 10.6 Å². The van der Waals surface area contributed by atoms with Crippen molar-refractivity contribution in [2.24, 2.45) is 0 Å². The Morgan fingerprint density at radius 2 is 1.63 bits per heavy atom. The average molecular weight is 618 g/mol. The molecule has 4 aromatic carbocycles. The van der Waals surface area contributed by atoms with Crippen molar-refractivity contribution in [3.8, 4) is 18.1 Å². The van der Waals surface area contributed by atoms with Gasteiger partial charge in [0.2, 0.25) is 5.91 Å². The normalized spacial score (nSPS) is 14.3. The molecule has 0 heterocycles. The molecule has 3 amide bonds. The lowest BCUT2D eigenvalue weighted by atomic mass is 9.86. The van der Waals surface area contributed by atoms with Gasteiger partial charge < -0.3 is 25.4 Å². The van der Waals surface area contributed by atoms with Crippen molar-refractivity contribution in [2.75, 3.05) is 5.32 Å². The Bertz CT molecular complexity index is 1770. The molecule has 8 nitrogen and oxygen atoms in total. The third kappa shape index (κ3) is 7.67. The first-order valence-corrected chi connectivity index (χ1v) is 15.5. The molecule has 0 spiro atoms. The van der Waals surface area contributed by atoms with Crippen LogP contribution in [0.15, 0.2) is 91.0 Å². The lowest BCUT2D eigenvalue weighted by molar-refractivity contribution is -0.145. The third-order valence-corrected chi connectivity index (χ3v) is 8.04.